The smallest absolute Gasteiger partial charge is 0.460 e. The maximum absolute atomic E-state index is 13.9. The van der Waals surface area contributed by atoms with E-state index in [-0.39, 0.29) is 23.8 Å². The minimum Gasteiger partial charge on any atom is -0.478 e. The molecule has 1 unspecified atom stereocenters. The zero-order valence-electron chi connectivity index (χ0n) is 14.3. The van der Waals surface area contributed by atoms with Crippen LogP contribution in [0.15, 0.2) is 23.8 Å². The fourth-order valence-electron chi connectivity index (χ4n) is 2.74. The molecule has 1 aromatic carbocycles. The molecule has 0 aromatic heterocycles. The van der Waals surface area contributed by atoms with E-state index in [2.05, 4.69) is 0 Å². The van der Waals surface area contributed by atoms with Crippen molar-refractivity contribution < 1.29 is 32.5 Å². The molecular formula is C18H21F3O4. The Morgan fingerprint density at radius 1 is 1.32 bits per heavy atom. The molecule has 1 aliphatic heterocycles. The van der Waals surface area contributed by atoms with Crippen LogP contribution in [0.1, 0.15) is 37.8 Å². The maximum Gasteiger partial charge on any atom is 0.460 e. The van der Waals surface area contributed by atoms with Gasteiger partial charge < -0.3 is 14.6 Å². The van der Waals surface area contributed by atoms with Gasteiger partial charge >= 0.3 is 17.9 Å². The Labute approximate surface area is 144 Å². The highest BCUT2D eigenvalue weighted by Crippen LogP contribution is 2.47. The highest BCUT2D eigenvalue weighted by Gasteiger charge is 2.65. The molecule has 1 heterocycles. The second-order valence-electron chi connectivity index (χ2n) is 6.07. The van der Waals surface area contributed by atoms with Gasteiger partial charge in [0.1, 0.15) is 11.3 Å². The first-order chi connectivity index (χ1) is 11.7. The van der Waals surface area contributed by atoms with Crippen LogP contribution in [0, 0.1) is 12.8 Å². The Kier molecular flexibility index (Phi) is 5.46. The van der Waals surface area contributed by atoms with Crippen LogP contribution < -0.4 is 4.74 Å². The predicted octanol–water partition coefficient (Wildman–Crippen LogP) is 4.57. The minimum absolute atomic E-state index is 0.0191. The van der Waals surface area contributed by atoms with Crippen LogP contribution in [0.25, 0.3) is 6.08 Å². The number of halogens is 3. The van der Waals surface area contributed by atoms with Crippen LogP contribution in [-0.4, -0.2) is 29.6 Å². The monoisotopic (exact) mass is 358 g/mol. The van der Waals surface area contributed by atoms with Gasteiger partial charge in [-0.2, -0.15) is 13.2 Å². The molecule has 1 N–H and O–H groups in total. The summed E-state index contributed by atoms with van der Waals surface area (Å²) in [5, 5.41) is 9.38. The Bertz CT molecular complexity index is 677. The van der Waals surface area contributed by atoms with Crippen LogP contribution >= 0.6 is 0 Å². The Morgan fingerprint density at radius 3 is 2.48 bits per heavy atom. The van der Waals surface area contributed by atoms with Crippen LogP contribution in [0.5, 0.6) is 5.75 Å². The van der Waals surface area contributed by atoms with Crippen LogP contribution in [0.2, 0.25) is 0 Å². The van der Waals surface area contributed by atoms with Crippen molar-refractivity contribution in [2.45, 2.75) is 45.6 Å². The van der Waals surface area contributed by atoms with Crippen molar-refractivity contribution in [2.24, 2.45) is 5.92 Å². The van der Waals surface area contributed by atoms with E-state index < -0.39 is 23.5 Å². The molecule has 2 rings (SSSR count). The van der Waals surface area contributed by atoms with Crippen molar-refractivity contribution in [2.75, 3.05) is 6.61 Å². The number of fused-ring (bicyclic) bond motifs is 1. The molecule has 0 fully saturated rings. The van der Waals surface area contributed by atoms with Crippen molar-refractivity contribution in [3.05, 3.63) is 34.9 Å². The van der Waals surface area contributed by atoms with Gasteiger partial charge in [0.25, 0.3) is 0 Å². The molecule has 25 heavy (non-hydrogen) atoms. The van der Waals surface area contributed by atoms with E-state index in [1.165, 1.54) is 6.07 Å². The van der Waals surface area contributed by atoms with Gasteiger partial charge in [-0.25, -0.2) is 4.79 Å². The van der Waals surface area contributed by atoms with E-state index in [1.807, 2.05) is 13.8 Å². The molecule has 0 saturated heterocycles. The van der Waals surface area contributed by atoms with Gasteiger partial charge in [0.2, 0.25) is 0 Å². The summed E-state index contributed by atoms with van der Waals surface area (Å²) in [7, 11) is 0. The predicted molar refractivity (Wildman–Crippen MR) is 86.2 cm³/mol. The molecule has 4 nitrogen and oxygen atoms in total. The Hall–Kier alpha value is -2.02. The molecule has 0 aliphatic carbocycles. The van der Waals surface area contributed by atoms with Crippen molar-refractivity contribution in [3.63, 3.8) is 0 Å². The lowest BCUT2D eigenvalue weighted by Gasteiger charge is -2.39. The lowest BCUT2D eigenvalue weighted by atomic mass is 9.96. The Morgan fingerprint density at radius 2 is 1.96 bits per heavy atom. The topological polar surface area (TPSA) is 55.8 Å². The third-order valence-corrected chi connectivity index (χ3v) is 4.42. The standard InChI is InChI=1S/C18H21F3O4/c1-4-12(5-2)10-24-17(18(19,20)21)14(16(22)23)9-13-8-6-7-11(3)15(13)25-17/h6-9,12H,4-5,10H2,1-3H3,(H,22,23). The summed E-state index contributed by atoms with van der Waals surface area (Å²) in [6.45, 7) is 5.03. The number of alkyl halides is 3. The van der Waals surface area contributed by atoms with E-state index in [0.717, 1.165) is 6.08 Å². The van der Waals surface area contributed by atoms with Crippen molar-refractivity contribution in [3.8, 4) is 5.75 Å². The summed E-state index contributed by atoms with van der Waals surface area (Å²) < 4.78 is 52.2. The largest absolute Gasteiger partial charge is 0.478 e. The minimum atomic E-state index is -5.05. The van der Waals surface area contributed by atoms with Gasteiger partial charge in [0, 0.05) is 5.56 Å². The molecule has 0 radical (unpaired) electrons. The number of ether oxygens (including phenoxy) is 2. The van der Waals surface area contributed by atoms with Crippen LogP contribution in [-0.2, 0) is 9.53 Å². The van der Waals surface area contributed by atoms with E-state index in [4.69, 9.17) is 9.47 Å². The molecule has 1 atom stereocenters. The molecule has 0 saturated carbocycles. The number of carboxylic acids is 1. The summed E-state index contributed by atoms with van der Waals surface area (Å²) in [6.07, 6.45) is -2.84. The number of benzene rings is 1. The van der Waals surface area contributed by atoms with Crippen molar-refractivity contribution in [1.29, 1.82) is 0 Å². The normalized spacial score (nSPS) is 20.0. The third kappa shape index (κ3) is 3.51. The summed E-state index contributed by atoms with van der Waals surface area (Å²) in [6, 6.07) is 4.73. The summed E-state index contributed by atoms with van der Waals surface area (Å²) in [5.74, 6) is -5.19. The summed E-state index contributed by atoms with van der Waals surface area (Å²) in [5.41, 5.74) is -0.217. The fraction of sp³-hybridized carbons (Fsp3) is 0.500. The van der Waals surface area contributed by atoms with Gasteiger partial charge in [0.15, 0.2) is 0 Å². The molecule has 0 bridgehead atoms. The third-order valence-electron chi connectivity index (χ3n) is 4.42. The number of aryl methyl sites for hydroxylation is 1. The quantitative estimate of drug-likeness (QED) is 0.809. The van der Waals surface area contributed by atoms with Crippen LogP contribution in [0.3, 0.4) is 0 Å². The molecule has 1 aliphatic rings. The molecule has 7 heteroatoms. The van der Waals surface area contributed by atoms with E-state index >= 15 is 0 Å². The number of carbonyl (C=O) groups is 1. The van der Waals surface area contributed by atoms with Gasteiger partial charge in [-0.1, -0.05) is 44.9 Å². The lowest BCUT2D eigenvalue weighted by Crippen LogP contribution is -2.57. The SMILES string of the molecule is CCC(CC)COC1(C(F)(F)F)Oc2c(C)cccc2C=C1C(=O)O. The zero-order valence-corrected chi connectivity index (χ0v) is 14.3. The van der Waals surface area contributed by atoms with Crippen molar-refractivity contribution in [1.82, 2.24) is 0 Å². The number of hydrogen-bond donors (Lipinski definition) is 1. The molecular weight excluding hydrogens is 337 g/mol. The van der Waals surface area contributed by atoms with Crippen LogP contribution in [0.4, 0.5) is 13.2 Å². The first-order valence-corrected chi connectivity index (χ1v) is 8.11. The second kappa shape index (κ2) is 7.07. The number of rotatable bonds is 6. The Balaban J connectivity index is 2.57. The number of aliphatic carboxylic acids is 1. The number of hydrogen-bond acceptors (Lipinski definition) is 3. The lowest BCUT2D eigenvalue weighted by molar-refractivity contribution is -0.336. The first-order valence-electron chi connectivity index (χ1n) is 8.11. The first kappa shape index (κ1) is 19.3. The molecule has 138 valence electrons. The summed E-state index contributed by atoms with van der Waals surface area (Å²) in [4.78, 5) is 11.6. The fourth-order valence-corrected chi connectivity index (χ4v) is 2.74. The highest BCUT2D eigenvalue weighted by atomic mass is 19.4. The van der Waals surface area contributed by atoms with E-state index in [9.17, 15) is 23.1 Å². The average Bonchev–Trinajstić information content (AvgIpc) is 2.54. The van der Waals surface area contributed by atoms with Gasteiger partial charge in [0.05, 0.1) is 6.61 Å². The average molecular weight is 358 g/mol. The molecule has 0 amide bonds. The molecule has 1 aromatic rings. The van der Waals surface area contributed by atoms with E-state index in [0.29, 0.717) is 18.4 Å². The van der Waals surface area contributed by atoms with Gasteiger partial charge in [-0.05, 0) is 24.5 Å². The summed E-state index contributed by atoms with van der Waals surface area (Å²) >= 11 is 0. The molecule has 0 spiro atoms. The maximum atomic E-state index is 13.9. The van der Waals surface area contributed by atoms with Crippen molar-refractivity contribution >= 4 is 12.0 Å². The van der Waals surface area contributed by atoms with E-state index in [1.54, 1.807) is 19.1 Å². The number of carboxylic acid groups (broad SMARTS) is 1. The highest BCUT2D eigenvalue weighted by molar-refractivity contribution is 5.96. The van der Waals surface area contributed by atoms with Gasteiger partial charge in [-0.15, -0.1) is 0 Å². The second-order valence-corrected chi connectivity index (χ2v) is 6.07. The van der Waals surface area contributed by atoms with Gasteiger partial charge in [-0.3, -0.25) is 0 Å². The number of para-hydroxylation sites is 1. The zero-order chi connectivity index (χ0) is 18.8.